The van der Waals surface area contributed by atoms with Gasteiger partial charge in [-0.05, 0) is 34.6 Å². The molecule has 21 heavy (non-hydrogen) atoms. The van der Waals surface area contributed by atoms with Crippen LogP contribution >= 0.6 is 8.58 Å². The number of methoxy groups -OCH3 is 2. The van der Waals surface area contributed by atoms with Gasteiger partial charge < -0.3 is 9.47 Å². The molecular weight excluding hydrogens is 279 g/mol. The molecule has 0 heterocycles. The molecular formula is C18H23O2P. The third-order valence-electron chi connectivity index (χ3n) is 3.46. The van der Waals surface area contributed by atoms with Crippen molar-refractivity contribution in [3.8, 4) is 0 Å². The van der Waals surface area contributed by atoms with Gasteiger partial charge in [-0.1, -0.05) is 57.1 Å². The maximum absolute atomic E-state index is 5.28. The minimum atomic E-state index is 0.692. The highest BCUT2D eigenvalue weighted by molar-refractivity contribution is 7.55. The zero-order valence-corrected chi connectivity index (χ0v) is 13.8. The molecule has 0 N–H and O–H groups in total. The number of hydrogen-bond donors (Lipinski definition) is 0. The summed E-state index contributed by atoms with van der Waals surface area (Å²) in [7, 11) is 4.21. The Bertz CT molecular complexity index is 540. The van der Waals surface area contributed by atoms with Crippen LogP contribution in [0.1, 0.15) is 11.1 Å². The van der Waals surface area contributed by atoms with Gasteiger partial charge in [0.05, 0.1) is 13.2 Å². The number of ether oxygens (including phenoxy) is 2. The molecule has 2 aromatic rings. The van der Waals surface area contributed by atoms with Crippen molar-refractivity contribution in [1.29, 1.82) is 0 Å². The highest BCUT2D eigenvalue weighted by atomic mass is 31.1. The molecule has 1 atom stereocenters. The highest BCUT2D eigenvalue weighted by Gasteiger charge is 2.09. The molecule has 0 aromatic heterocycles. The standard InChI is InChI=1S/C18H23O2P/c1-19-13-11-15-7-6-10-18(17(15)12-14-20-2)21-16-8-4-3-5-9-16/h3-10,21H,11-14H2,1-2H3. The van der Waals surface area contributed by atoms with Gasteiger partial charge in [0.2, 0.25) is 0 Å². The SMILES string of the molecule is COCCc1cccc(Pc2ccccc2)c1CCOC. The van der Waals surface area contributed by atoms with Crippen LogP contribution in [0.3, 0.4) is 0 Å². The maximum atomic E-state index is 5.28. The van der Waals surface area contributed by atoms with E-state index in [-0.39, 0.29) is 0 Å². The quantitative estimate of drug-likeness (QED) is 0.698. The lowest BCUT2D eigenvalue weighted by Gasteiger charge is -2.15. The number of benzene rings is 2. The third kappa shape index (κ3) is 4.93. The third-order valence-corrected chi connectivity index (χ3v) is 4.82. The molecule has 0 spiro atoms. The zero-order chi connectivity index (χ0) is 14.9. The summed E-state index contributed by atoms with van der Waals surface area (Å²) in [6, 6.07) is 17.3. The van der Waals surface area contributed by atoms with Gasteiger partial charge in [0, 0.05) is 14.2 Å². The summed E-state index contributed by atoms with van der Waals surface area (Å²) < 4.78 is 10.5. The van der Waals surface area contributed by atoms with E-state index in [4.69, 9.17) is 9.47 Å². The lowest BCUT2D eigenvalue weighted by molar-refractivity contribution is 0.198. The molecule has 0 bridgehead atoms. The van der Waals surface area contributed by atoms with Gasteiger partial charge >= 0.3 is 0 Å². The van der Waals surface area contributed by atoms with Crippen LogP contribution in [0.2, 0.25) is 0 Å². The van der Waals surface area contributed by atoms with Crippen LogP contribution in [0.5, 0.6) is 0 Å². The molecule has 0 aliphatic heterocycles. The van der Waals surface area contributed by atoms with Crippen molar-refractivity contribution in [1.82, 2.24) is 0 Å². The summed E-state index contributed by atoms with van der Waals surface area (Å²) in [6.45, 7) is 1.52. The monoisotopic (exact) mass is 302 g/mol. The first-order chi connectivity index (χ1) is 10.3. The van der Waals surface area contributed by atoms with E-state index in [9.17, 15) is 0 Å². The minimum absolute atomic E-state index is 0.692. The number of rotatable bonds is 8. The maximum Gasteiger partial charge on any atom is 0.0503 e. The average molecular weight is 302 g/mol. The first-order valence-corrected chi connectivity index (χ1v) is 8.26. The van der Waals surface area contributed by atoms with Crippen LogP contribution in [-0.4, -0.2) is 27.4 Å². The summed E-state index contributed by atoms with van der Waals surface area (Å²) in [4.78, 5) is 0. The molecule has 3 heteroatoms. The van der Waals surface area contributed by atoms with Gasteiger partial charge in [0.25, 0.3) is 0 Å². The van der Waals surface area contributed by atoms with Crippen molar-refractivity contribution in [2.24, 2.45) is 0 Å². The van der Waals surface area contributed by atoms with Crippen molar-refractivity contribution in [3.63, 3.8) is 0 Å². The van der Waals surface area contributed by atoms with Crippen molar-refractivity contribution in [2.45, 2.75) is 12.8 Å². The second-order valence-electron chi connectivity index (χ2n) is 4.92. The minimum Gasteiger partial charge on any atom is -0.384 e. The van der Waals surface area contributed by atoms with Crippen LogP contribution in [0.4, 0.5) is 0 Å². The van der Waals surface area contributed by atoms with E-state index in [0.29, 0.717) is 8.58 Å². The van der Waals surface area contributed by atoms with Crippen molar-refractivity contribution in [2.75, 3.05) is 27.4 Å². The molecule has 0 radical (unpaired) electrons. The van der Waals surface area contributed by atoms with Crippen LogP contribution in [-0.2, 0) is 22.3 Å². The molecule has 0 aliphatic rings. The highest BCUT2D eigenvalue weighted by Crippen LogP contribution is 2.18. The van der Waals surface area contributed by atoms with E-state index in [1.54, 1.807) is 14.2 Å². The van der Waals surface area contributed by atoms with Gasteiger partial charge in [0.15, 0.2) is 0 Å². The van der Waals surface area contributed by atoms with Gasteiger partial charge in [-0.3, -0.25) is 0 Å². The summed E-state index contributed by atoms with van der Waals surface area (Å²) in [5.74, 6) is 0. The van der Waals surface area contributed by atoms with Crippen LogP contribution in [0, 0.1) is 0 Å². The molecule has 0 saturated heterocycles. The van der Waals surface area contributed by atoms with Crippen LogP contribution in [0.25, 0.3) is 0 Å². The summed E-state index contributed by atoms with van der Waals surface area (Å²) in [5, 5.41) is 2.80. The van der Waals surface area contributed by atoms with E-state index < -0.39 is 0 Å². The Balaban J connectivity index is 2.25. The van der Waals surface area contributed by atoms with E-state index in [2.05, 4.69) is 48.5 Å². The Hall–Kier alpha value is -1.21. The Morgan fingerprint density at radius 1 is 0.810 bits per heavy atom. The van der Waals surface area contributed by atoms with E-state index in [0.717, 1.165) is 26.1 Å². The molecule has 0 saturated carbocycles. The smallest absolute Gasteiger partial charge is 0.0503 e. The van der Waals surface area contributed by atoms with Crippen LogP contribution < -0.4 is 10.6 Å². The van der Waals surface area contributed by atoms with E-state index in [1.807, 2.05) is 0 Å². The Labute approximate surface area is 129 Å². The van der Waals surface area contributed by atoms with Gasteiger partial charge in [-0.15, -0.1) is 0 Å². The lowest BCUT2D eigenvalue weighted by Crippen LogP contribution is -2.15. The number of hydrogen-bond acceptors (Lipinski definition) is 2. The normalized spacial score (nSPS) is 11.3. The first kappa shape index (κ1) is 16.2. The molecule has 2 rings (SSSR count). The first-order valence-electron chi connectivity index (χ1n) is 7.26. The summed E-state index contributed by atoms with van der Waals surface area (Å²) in [5.41, 5.74) is 2.81. The Morgan fingerprint density at radius 3 is 2.24 bits per heavy atom. The molecule has 2 nitrogen and oxygen atoms in total. The predicted octanol–water partition coefficient (Wildman–Crippen LogP) is 2.69. The predicted molar refractivity (Wildman–Crippen MR) is 91.6 cm³/mol. The van der Waals surface area contributed by atoms with Gasteiger partial charge in [-0.25, -0.2) is 0 Å². The summed E-state index contributed by atoms with van der Waals surface area (Å²) >= 11 is 0. The van der Waals surface area contributed by atoms with Gasteiger partial charge in [-0.2, -0.15) is 0 Å². The van der Waals surface area contributed by atoms with Crippen molar-refractivity contribution < 1.29 is 9.47 Å². The molecule has 112 valence electrons. The van der Waals surface area contributed by atoms with E-state index >= 15 is 0 Å². The topological polar surface area (TPSA) is 18.5 Å². The van der Waals surface area contributed by atoms with Crippen molar-refractivity contribution >= 4 is 19.2 Å². The van der Waals surface area contributed by atoms with Gasteiger partial charge in [0.1, 0.15) is 0 Å². The second kappa shape index (κ2) is 8.94. The average Bonchev–Trinajstić information content (AvgIpc) is 2.53. The molecule has 1 unspecified atom stereocenters. The Kier molecular flexibility index (Phi) is 6.88. The van der Waals surface area contributed by atoms with Crippen LogP contribution in [0.15, 0.2) is 48.5 Å². The molecule has 0 aliphatic carbocycles. The fourth-order valence-electron chi connectivity index (χ4n) is 2.37. The summed E-state index contributed by atoms with van der Waals surface area (Å²) in [6.07, 6.45) is 1.92. The van der Waals surface area contributed by atoms with E-state index in [1.165, 1.54) is 21.7 Å². The zero-order valence-electron chi connectivity index (χ0n) is 12.8. The second-order valence-corrected chi connectivity index (χ2v) is 6.29. The molecule has 0 amide bonds. The lowest BCUT2D eigenvalue weighted by atomic mass is 10.0. The van der Waals surface area contributed by atoms with Crippen molar-refractivity contribution in [3.05, 3.63) is 59.7 Å². The fourth-order valence-corrected chi connectivity index (χ4v) is 3.66. The fraction of sp³-hybridized carbons (Fsp3) is 0.333. The molecule has 2 aromatic carbocycles. The molecule has 0 fully saturated rings. The largest absolute Gasteiger partial charge is 0.384 e. The Morgan fingerprint density at radius 2 is 1.52 bits per heavy atom.